The lowest BCUT2D eigenvalue weighted by Gasteiger charge is -2.05. The normalized spacial score (nSPS) is 11.7. The third kappa shape index (κ3) is 3.76. The van der Waals surface area contributed by atoms with Crippen molar-refractivity contribution in [1.82, 2.24) is 30.4 Å². The Labute approximate surface area is 170 Å². The van der Waals surface area contributed by atoms with Crippen molar-refractivity contribution >= 4 is 34.4 Å². The molecule has 0 fully saturated rings. The summed E-state index contributed by atoms with van der Waals surface area (Å²) in [4.78, 5) is 26.6. The Morgan fingerprint density at radius 2 is 2.07 bits per heavy atom. The maximum absolute atomic E-state index is 12.8. The minimum absolute atomic E-state index is 0.0302. The number of aromatic amines is 1. The number of carbonyl (C=O) groups is 1. The summed E-state index contributed by atoms with van der Waals surface area (Å²) in [6.07, 6.45) is -3.36. The van der Waals surface area contributed by atoms with Crippen LogP contribution in [0, 0.1) is 0 Å². The Bertz CT molecular complexity index is 1250. The minimum atomic E-state index is -4.46. The highest BCUT2D eigenvalue weighted by atomic mass is 35.5. The molecule has 4 N–H and O–H groups in total. The molecule has 0 saturated heterocycles. The number of H-pyrrole nitrogens is 1. The zero-order valence-electron chi connectivity index (χ0n) is 14.8. The molecule has 1 aromatic carbocycles. The van der Waals surface area contributed by atoms with Crippen LogP contribution in [0.25, 0.3) is 22.6 Å². The fourth-order valence-corrected chi connectivity index (χ4v) is 2.79. The van der Waals surface area contributed by atoms with Gasteiger partial charge in [0.25, 0.3) is 5.91 Å². The van der Waals surface area contributed by atoms with Crippen molar-refractivity contribution in [1.29, 1.82) is 0 Å². The quantitative estimate of drug-likeness (QED) is 0.446. The summed E-state index contributed by atoms with van der Waals surface area (Å²) in [5, 5.41) is 6.29. The number of hydrogen-bond acceptors (Lipinski definition) is 7. The number of nitrogen functional groups attached to an aromatic ring is 1. The first-order valence-corrected chi connectivity index (χ1v) is 8.67. The van der Waals surface area contributed by atoms with Crippen molar-refractivity contribution in [3.8, 4) is 11.5 Å². The van der Waals surface area contributed by atoms with Crippen LogP contribution in [0.3, 0.4) is 0 Å². The molecular formula is C17H11ClF3N7O2. The third-order valence-electron chi connectivity index (χ3n) is 4.07. The Balaban J connectivity index is 1.50. The Hall–Kier alpha value is -3.67. The average molecular weight is 438 g/mol. The van der Waals surface area contributed by atoms with Crippen LogP contribution in [0.1, 0.15) is 21.8 Å². The number of alkyl halides is 3. The van der Waals surface area contributed by atoms with Crippen LogP contribution in [-0.4, -0.2) is 31.0 Å². The number of benzene rings is 1. The van der Waals surface area contributed by atoms with Crippen molar-refractivity contribution in [3.63, 3.8) is 0 Å². The first kappa shape index (κ1) is 19.6. The molecule has 9 nitrogen and oxygen atoms in total. The van der Waals surface area contributed by atoms with Crippen LogP contribution in [0.5, 0.6) is 0 Å². The van der Waals surface area contributed by atoms with E-state index >= 15 is 0 Å². The van der Waals surface area contributed by atoms with Gasteiger partial charge in [0.15, 0.2) is 17.3 Å². The number of amides is 1. The molecule has 154 valence electrons. The van der Waals surface area contributed by atoms with Gasteiger partial charge in [-0.15, -0.1) is 0 Å². The summed E-state index contributed by atoms with van der Waals surface area (Å²) in [6, 6.07) is 4.65. The molecule has 0 aliphatic rings. The largest absolute Gasteiger partial charge is 0.416 e. The minimum Gasteiger partial charge on any atom is -0.382 e. The molecule has 4 aromatic rings. The van der Waals surface area contributed by atoms with Crippen molar-refractivity contribution < 1.29 is 22.5 Å². The number of halogens is 4. The lowest BCUT2D eigenvalue weighted by Crippen LogP contribution is -2.24. The van der Waals surface area contributed by atoms with E-state index in [9.17, 15) is 18.0 Å². The molecule has 0 bridgehead atoms. The van der Waals surface area contributed by atoms with E-state index in [1.807, 2.05) is 0 Å². The van der Waals surface area contributed by atoms with Crippen molar-refractivity contribution in [2.75, 3.05) is 5.73 Å². The van der Waals surface area contributed by atoms with E-state index in [1.54, 1.807) is 0 Å². The predicted octanol–water partition coefficient (Wildman–Crippen LogP) is 3.19. The van der Waals surface area contributed by atoms with Crippen LogP contribution >= 0.6 is 11.6 Å². The summed E-state index contributed by atoms with van der Waals surface area (Å²) >= 11 is 5.90. The van der Waals surface area contributed by atoms with Crippen molar-refractivity contribution in [2.45, 2.75) is 12.7 Å². The van der Waals surface area contributed by atoms with Crippen LogP contribution in [-0.2, 0) is 12.7 Å². The van der Waals surface area contributed by atoms with Gasteiger partial charge >= 0.3 is 6.18 Å². The van der Waals surface area contributed by atoms with Gasteiger partial charge in [0.1, 0.15) is 22.9 Å². The van der Waals surface area contributed by atoms with Gasteiger partial charge in [0, 0.05) is 6.07 Å². The van der Waals surface area contributed by atoms with Gasteiger partial charge in [-0.1, -0.05) is 16.8 Å². The SMILES string of the molecule is Nc1ncnc(C(=O)NCc2cc(-c3nc4ccc(C(F)(F)F)cc4[nH]3)no2)c1Cl. The standard InChI is InChI=1S/C17H11ClF3N7O2/c18-12-13(24-6-25-14(12)22)16(29)23-5-8-4-11(28-30-8)15-26-9-2-1-7(17(19,20)21)3-10(9)27-15/h1-4,6H,5H2,(H,23,29)(H,26,27)(H2,22,24,25). The highest BCUT2D eigenvalue weighted by molar-refractivity contribution is 6.35. The third-order valence-corrected chi connectivity index (χ3v) is 4.44. The molecule has 0 radical (unpaired) electrons. The van der Waals surface area contributed by atoms with E-state index in [4.69, 9.17) is 21.9 Å². The van der Waals surface area contributed by atoms with Gasteiger partial charge in [0.2, 0.25) is 0 Å². The highest BCUT2D eigenvalue weighted by Crippen LogP contribution is 2.31. The predicted molar refractivity (Wildman–Crippen MR) is 99.2 cm³/mol. The lowest BCUT2D eigenvalue weighted by molar-refractivity contribution is -0.137. The van der Waals surface area contributed by atoms with Crippen molar-refractivity contribution in [3.05, 3.63) is 52.6 Å². The smallest absolute Gasteiger partial charge is 0.382 e. The number of aromatic nitrogens is 5. The molecule has 0 atom stereocenters. The molecule has 0 aliphatic heterocycles. The molecule has 0 unspecified atom stereocenters. The second-order valence-electron chi connectivity index (χ2n) is 6.10. The maximum atomic E-state index is 12.8. The van der Waals surface area contributed by atoms with Crippen LogP contribution in [0.4, 0.5) is 19.0 Å². The number of anilines is 1. The number of nitrogens with zero attached hydrogens (tertiary/aromatic N) is 4. The fourth-order valence-electron chi connectivity index (χ4n) is 2.61. The first-order chi connectivity index (χ1) is 14.2. The number of imidazole rings is 1. The molecule has 0 saturated carbocycles. The second kappa shape index (κ2) is 7.30. The Morgan fingerprint density at radius 1 is 1.27 bits per heavy atom. The molecule has 0 aliphatic carbocycles. The van der Waals surface area contributed by atoms with Crippen LogP contribution in [0.15, 0.2) is 35.1 Å². The molecule has 13 heteroatoms. The molecule has 3 heterocycles. The van der Waals surface area contributed by atoms with E-state index in [1.165, 1.54) is 12.1 Å². The van der Waals surface area contributed by atoms with Gasteiger partial charge in [-0.2, -0.15) is 13.2 Å². The summed E-state index contributed by atoms with van der Waals surface area (Å²) in [7, 11) is 0. The summed E-state index contributed by atoms with van der Waals surface area (Å²) in [5.74, 6) is -0.141. The fraction of sp³-hybridized carbons (Fsp3) is 0.118. The van der Waals surface area contributed by atoms with Gasteiger partial charge in [-0.3, -0.25) is 4.79 Å². The number of fused-ring (bicyclic) bond motifs is 1. The van der Waals surface area contributed by atoms with E-state index in [0.717, 1.165) is 18.5 Å². The molecule has 3 aromatic heterocycles. The van der Waals surface area contributed by atoms with Gasteiger partial charge in [-0.05, 0) is 18.2 Å². The Kier molecular flexibility index (Phi) is 4.78. The highest BCUT2D eigenvalue weighted by Gasteiger charge is 2.30. The van der Waals surface area contributed by atoms with E-state index in [2.05, 4.69) is 30.4 Å². The van der Waals surface area contributed by atoms with Gasteiger partial charge in [0.05, 0.1) is 23.1 Å². The number of nitrogens with two attached hydrogens (primary N) is 1. The van der Waals surface area contributed by atoms with E-state index in [0.29, 0.717) is 5.52 Å². The summed E-state index contributed by atoms with van der Waals surface area (Å²) < 4.78 is 43.7. The summed E-state index contributed by atoms with van der Waals surface area (Å²) in [6.45, 7) is -0.0511. The maximum Gasteiger partial charge on any atom is 0.416 e. The second-order valence-corrected chi connectivity index (χ2v) is 6.48. The van der Waals surface area contributed by atoms with E-state index < -0.39 is 17.6 Å². The molecule has 0 spiro atoms. The zero-order valence-corrected chi connectivity index (χ0v) is 15.5. The van der Waals surface area contributed by atoms with Crippen LogP contribution in [0.2, 0.25) is 5.02 Å². The monoisotopic (exact) mass is 437 g/mol. The van der Waals surface area contributed by atoms with E-state index in [-0.39, 0.29) is 45.9 Å². The van der Waals surface area contributed by atoms with Gasteiger partial charge < -0.3 is 20.6 Å². The Morgan fingerprint density at radius 3 is 2.83 bits per heavy atom. The van der Waals surface area contributed by atoms with Gasteiger partial charge in [-0.25, -0.2) is 15.0 Å². The average Bonchev–Trinajstić information content (AvgIpc) is 3.33. The molecular weight excluding hydrogens is 427 g/mol. The topological polar surface area (TPSA) is 136 Å². The first-order valence-electron chi connectivity index (χ1n) is 8.29. The molecule has 1 amide bonds. The number of rotatable bonds is 4. The zero-order chi connectivity index (χ0) is 21.5. The molecule has 30 heavy (non-hydrogen) atoms. The summed E-state index contributed by atoms with van der Waals surface area (Å²) in [5.41, 5.74) is 5.44. The molecule has 4 rings (SSSR count). The number of carbonyl (C=O) groups excluding carboxylic acids is 1. The lowest BCUT2D eigenvalue weighted by atomic mass is 10.2. The number of hydrogen-bond donors (Lipinski definition) is 3. The van der Waals surface area contributed by atoms with Crippen LogP contribution < -0.4 is 11.1 Å². The van der Waals surface area contributed by atoms with Crippen molar-refractivity contribution in [2.24, 2.45) is 0 Å². The number of nitrogens with one attached hydrogen (secondary N) is 2.